The van der Waals surface area contributed by atoms with Gasteiger partial charge >= 0.3 is 0 Å². The molecule has 0 bridgehead atoms. The Balaban J connectivity index is 2.00. The number of nitrogens with two attached hydrogens (primary N) is 1. The summed E-state index contributed by atoms with van der Waals surface area (Å²) in [6.45, 7) is 3.90. The highest BCUT2D eigenvalue weighted by atomic mass is 16.3. The number of aliphatic hydroxyl groups excluding tert-OH is 1. The van der Waals surface area contributed by atoms with Crippen molar-refractivity contribution in [2.45, 2.75) is 6.42 Å². The molecular weight excluding hydrogens is 244 g/mol. The smallest absolute Gasteiger partial charge is 0.272 e. The second kappa shape index (κ2) is 6.49. The maximum Gasteiger partial charge on any atom is 0.272 e. The van der Waals surface area contributed by atoms with Crippen LogP contribution in [0.2, 0.25) is 0 Å². The van der Waals surface area contributed by atoms with E-state index in [-0.39, 0.29) is 12.5 Å². The summed E-state index contributed by atoms with van der Waals surface area (Å²) in [5.74, 6) is 0.292. The first-order valence-electron chi connectivity index (χ1n) is 6.56. The molecule has 0 atom stereocenters. The molecule has 1 saturated heterocycles. The number of rotatable bonds is 3. The van der Waals surface area contributed by atoms with Gasteiger partial charge in [0.15, 0.2) is 0 Å². The predicted octanol–water partition coefficient (Wildman–Crippen LogP) is -0.196. The molecule has 1 aliphatic heterocycles. The lowest BCUT2D eigenvalue weighted by atomic mass is 10.3. The van der Waals surface area contributed by atoms with E-state index in [1.165, 1.54) is 0 Å². The highest BCUT2D eigenvalue weighted by molar-refractivity contribution is 5.92. The summed E-state index contributed by atoms with van der Waals surface area (Å²) in [5, 5.41) is 8.95. The zero-order valence-corrected chi connectivity index (χ0v) is 11.0. The Bertz CT molecular complexity index is 438. The van der Waals surface area contributed by atoms with Crippen molar-refractivity contribution < 1.29 is 9.90 Å². The number of pyridine rings is 1. The number of carbonyl (C=O) groups excluding carboxylic acids is 1. The van der Waals surface area contributed by atoms with Crippen LogP contribution < -0.4 is 5.73 Å². The maximum atomic E-state index is 12.3. The number of nitrogens with zero attached hydrogens (tertiary/aromatic N) is 3. The molecular formula is C13H20N4O2. The lowest BCUT2D eigenvalue weighted by molar-refractivity contribution is 0.0755. The number of amides is 1. The molecule has 0 aromatic carbocycles. The predicted molar refractivity (Wildman–Crippen MR) is 72.7 cm³/mol. The average Bonchev–Trinajstić information content (AvgIpc) is 2.64. The molecule has 0 aliphatic carbocycles. The fourth-order valence-corrected chi connectivity index (χ4v) is 2.27. The minimum atomic E-state index is -0.0712. The molecule has 1 aromatic rings. The van der Waals surface area contributed by atoms with Gasteiger partial charge in [-0.05, 0) is 25.1 Å². The van der Waals surface area contributed by atoms with Gasteiger partial charge in [-0.1, -0.05) is 6.07 Å². The van der Waals surface area contributed by atoms with Gasteiger partial charge in [0.05, 0.1) is 6.61 Å². The Labute approximate surface area is 112 Å². The highest BCUT2D eigenvalue weighted by Crippen LogP contribution is 2.09. The minimum absolute atomic E-state index is 0.0712. The van der Waals surface area contributed by atoms with Crippen LogP contribution in [0.5, 0.6) is 0 Å². The third-order valence-corrected chi connectivity index (χ3v) is 3.28. The van der Waals surface area contributed by atoms with Gasteiger partial charge in [0.1, 0.15) is 11.5 Å². The summed E-state index contributed by atoms with van der Waals surface area (Å²) in [7, 11) is 0. The quantitative estimate of drug-likeness (QED) is 0.790. The van der Waals surface area contributed by atoms with Gasteiger partial charge in [-0.15, -0.1) is 0 Å². The molecule has 1 aliphatic rings. The molecule has 6 nitrogen and oxygen atoms in total. The van der Waals surface area contributed by atoms with E-state index >= 15 is 0 Å². The summed E-state index contributed by atoms with van der Waals surface area (Å²) >= 11 is 0. The Morgan fingerprint density at radius 1 is 1.32 bits per heavy atom. The van der Waals surface area contributed by atoms with Gasteiger partial charge in [-0.2, -0.15) is 0 Å². The summed E-state index contributed by atoms with van der Waals surface area (Å²) in [6.07, 6.45) is 0.911. The molecule has 104 valence electrons. The number of carbonyl (C=O) groups is 1. The largest absolute Gasteiger partial charge is 0.395 e. The second-order valence-electron chi connectivity index (χ2n) is 4.66. The molecule has 19 heavy (non-hydrogen) atoms. The van der Waals surface area contributed by atoms with Gasteiger partial charge in [0.2, 0.25) is 0 Å². The van der Waals surface area contributed by atoms with Gasteiger partial charge in [-0.25, -0.2) is 4.98 Å². The van der Waals surface area contributed by atoms with Crippen molar-refractivity contribution in [1.82, 2.24) is 14.8 Å². The van der Waals surface area contributed by atoms with Crippen LogP contribution in [-0.4, -0.2) is 65.1 Å². The van der Waals surface area contributed by atoms with Crippen LogP contribution in [0.3, 0.4) is 0 Å². The van der Waals surface area contributed by atoms with E-state index in [1.54, 1.807) is 23.1 Å². The minimum Gasteiger partial charge on any atom is -0.395 e. The molecule has 1 aromatic heterocycles. The zero-order valence-electron chi connectivity index (χ0n) is 11.0. The molecule has 0 radical (unpaired) electrons. The van der Waals surface area contributed by atoms with Crippen LogP contribution in [-0.2, 0) is 0 Å². The van der Waals surface area contributed by atoms with E-state index in [0.717, 1.165) is 26.1 Å². The van der Waals surface area contributed by atoms with Crippen molar-refractivity contribution in [2.24, 2.45) is 0 Å². The maximum absolute atomic E-state index is 12.3. The first-order valence-corrected chi connectivity index (χ1v) is 6.56. The van der Waals surface area contributed by atoms with E-state index in [4.69, 9.17) is 10.8 Å². The third kappa shape index (κ3) is 3.65. The van der Waals surface area contributed by atoms with Crippen molar-refractivity contribution in [3.63, 3.8) is 0 Å². The van der Waals surface area contributed by atoms with Crippen molar-refractivity contribution in [3.8, 4) is 0 Å². The van der Waals surface area contributed by atoms with E-state index in [9.17, 15) is 4.79 Å². The van der Waals surface area contributed by atoms with Crippen molar-refractivity contribution in [2.75, 3.05) is 45.1 Å². The number of anilines is 1. The fraction of sp³-hybridized carbons (Fsp3) is 0.538. The number of aromatic nitrogens is 1. The number of hydrogen-bond acceptors (Lipinski definition) is 5. The van der Waals surface area contributed by atoms with Gasteiger partial charge < -0.3 is 15.7 Å². The van der Waals surface area contributed by atoms with Crippen LogP contribution in [0.15, 0.2) is 18.2 Å². The average molecular weight is 264 g/mol. The van der Waals surface area contributed by atoms with Crippen LogP contribution in [0.4, 0.5) is 5.82 Å². The van der Waals surface area contributed by atoms with Crippen LogP contribution in [0, 0.1) is 0 Å². The molecule has 1 amide bonds. The normalized spacial score (nSPS) is 17.2. The molecule has 3 N–H and O–H groups in total. The topological polar surface area (TPSA) is 82.7 Å². The van der Waals surface area contributed by atoms with Crippen LogP contribution in [0.25, 0.3) is 0 Å². The zero-order chi connectivity index (χ0) is 13.7. The molecule has 2 rings (SSSR count). The monoisotopic (exact) mass is 264 g/mol. The number of aliphatic hydroxyl groups is 1. The van der Waals surface area contributed by atoms with Gasteiger partial charge in [-0.3, -0.25) is 9.69 Å². The Morgan fingerprint density at radius 3 is 2.89 bits per heavy atom. The Kier molecular flexibility index (Phi) is 4.70. The van der Waals surface area contributed by atoms with E-state index in [2.05, 4.69) is 9.88 Å². The van der Waals surface area contributed by atoms with Crippen molar-refractivity contribution in [3.05, 3.63) is 23.9 Å². The number of β-amino-alcohol motifs (C(OH)–C–C–N with tert-alkyl or cyclic N) is 1. The number of hydrogen-bond donors (Lipinski definition) is 2. The fourth-order valence-electron chi connectivity index (χ4n) is 2.27. The van der Waals surface area contributed by atoms with E-state index in [0.29, 0.717) is 24.6 Å². The first kappa shape index (κ1) is 13.8. The lowest BCUT2D eigenvalue weighted by Gasteiger charge is -2.21. The van der Waals surface area contributed by atoms with E-state index in [1.807, 2.05) is 0 Å². The Hall–Kier alpha value is -1.66. The summed E-state index contributed by atoms with van der Waals surface area (Å²) in [4.78, 5) is 20.3. The second-order valence-corrected chi connectivity index (χ2v) is 4.66. The Morgan fingerprint density at radius 2 is 2.16 bits per heavy atom. The van der Waals surface area contributed by atoms with Crippen LogP contribution in [0.1, 0.15) is 16.9 Å². The standard InChI is InChI=1S/C13H20N4O2/c14-12-4-1-3-11(15-12)13(19)17-6-2-5-16(7-8-17)9-10-18/h1,3-4,18H,2,5-10H2,(H2,14,15). The number of nitrogen functional groups attached to an aromatic ring is 1. The van der Waals surface area contributed by atoms with Gasteiger partial charge in [0, 0.05) is 26.2 Å². The molecule has 1 fully saturated rings. The molecule has 0 spiro atoms. The SMILES string of the molecule is Nc1cccc(C(=O)N2CCCN(CCO)CC2)n1. The first-order chi connectivity index (χ1) is 9.20. The van der Waals surface area contributed by atoms with Crippen molar-refractivity contribution in [1.29, 1.82) is 0 Å². The van der Waals surface area contributed by atoms with E-state index < -0.39 is 0 Å². The summed E-state index contributed by atoms with van der Waals surface area (Å²) < 4.78 is 0. The molecule has 2 heterocycles. The lowest BCUT2D eigenvalue weighted by Crippen LogP contribution is -2.36. The highest BCUT2D eigenvalue weighted by Gasteiger charge is 2.20. The third-order valence-electron chi connectivity index (χ3n) is 3.28. The molecule has 0 unspecified atom stereocenters. The molecule has 6 heteroatoms. The van der Waals surface area contributed by atoms with Gasteiger partial charge in [0.25, 0.3) is 5.91 Å². The van der Waals surface area contributed by atoms with Crippen molar-refractivity contribution >= 4 is 11.7 Å². The summed E-state index contributed by atoms with van der Waals surface area (Å²) in [5.41, 5.74) is 6.00. The molecule has 0 saturated carbocycles. The van der Waals surface area contributed by atoms with Crippen LogP contribution >= 0.6 is 0 Å². The summed E-state index contributed by atoms with van der Waals surface area (Å²) in [6, 6.07) is 5.10.